The Hall–Kier alpha value is -2.49. The third-order valence-corrected chi connectivity index (χ3v) is 4.50. The molecule has 26 heavy (non-hydrogen) atoms. The van der Waals surface area contributed by atoms with Crippen molar-refractivity contribution in [3.05, 3.63) is 58.4 Å². The van der Waals surface area contributed by atoms with E-state index in [1.807, 2.05) is 0 Å². The van der Waals surface area contributed by atoms with Gasteiger partial charge in [0, 0.05) is 5.56 Å². The Kier molecular flexibility index (Phi) is 5.96. The predicted octanol–water partition coefficient (Wildman–Crippen LogP) is 2.17. The van der Waals surface area contributed by atoms with Gasteiger partial charge in [-0.3, -0.25) is 4.79 Å². The lowest BCUT2D eigenvalue weighted by Gasteiger charge is -2.08. The Morgan fingerprint density at radius 2 is 1.88 bits per heavy atom. The normalized spacial score (nSPS) is 11.1. The average molecular weight is 402 g/mol. The Balaban J connectivity index is 2.13. The van der Waals surface area contributed by atoms with E-state index in [4.69, 9.17) is 26.2 Å². The van der Waals surface area contributed by atoms with Crippen LogP contribution in [0.1, 0.15) is 20.7 Å². The van der Waals surface area contributed by atoms with Crippen LogP contribution in [0.2, 0.25) is 5.02 Å². The summed E-state index contributed by atoms with van der Waals surface area (Å²) in [6, 6.07) is 6.63. The van der Waals surface area contributed by atoms with Crippen molar-refractivity contribution in [1.29, 1.82) is 0 Å². The maximum Gasteiger partial charge on any atom is 0.341 e. The molecule has 0 unspecified atom stereocenters. The molecule has 2 N–H and O–H groups in total. The second-order valence-electron chi connectivity index (χ2n) is 5.04. The van der Waals surface area contributed by atoms with Crippen LogP contribution in [0.5, 0.6) is 5.75 Å². The topological polar surface area (TPSA) is 113 Å². The van der Waals surface area contributed by atoms with Crippen LogP contribution in [0.3, 0.4) is 0 Å². The molecule has 0 saturated carbocycles. The second kappa shape index (κ2) is 7.81. The highest BCUT2D eigenvalue weighted by Gasteiger charge is 2.19. The molecule has 138 valence electrons. The minimum absolute atomic E-state index is 0.155. The first-order chi connectivity index (χ1) is 12.1. The van der Waals surface area contributed by atoms with Crippen LogP contribution in [-0.4, -0.2) is 33.9 Å². The molecule has 0 fully saturated rings. The number of primary sulfonamides is 1. The van der Waals surface area contributed by atoms with E-state index in [9.17, 15) is 22.4 Å². The SMILES string of the molecule is COc1ccc(C(=O)COC(=O)c2cc(S(N)(=O)=O)ccc2F)cc1Cl. The Morgan fingerprint density at radius 1 is 1.19 bits per heavy atom. The van der Waals surface area contributed by atoms with Gasteiger partial charge in [-0.15, -0.1) is 0 Å². The van der Waals surface area contributed by atoms with Crippen molar-refractivity contribution in [2.75, 3.05) is 13.7 Å². The first kappa shape index (κ1) is 19.8. The van der Waals surface area contributed by atoms with Crippen molar-refractivity contribution in [3.8, 4) is 5.75 Å². The molecule has 0 radical (unpaired) electrons. The number of hydrogen-bond donors (Lipinski definition) is 1. The summed E-state index contributed by atoms with van der Waals surface area (Å²) in [5.74, 6) is -2.45. The van der Waals surface area contributed by atoms with E-state index in [2.05, 4.69) is 0 Å². The Labute approximate surface area is 153 Å². The highest BCUT2D eigenvalue weighted by Crippen LogP contribution is 2.25. The second-order valence-corrected chi connectivity index (χ2v) is 7.00. The average Bonchev–Trinajstić information content (AvgIpc) is 2.58. The third kappa shape index (κ3) is 4.57. The lowest BCUT2D eigenvalue weighted by Crippen LogP contribution is -2.17. The fraction of sp³-hybridized carbons (Fsp3) is 0.125. The molecule has 0 aliphatic rings. The van der Waals surface area contributed by atoms with E-state index < -0.39 is 44.7 Å². The van der Waals surface area contributed by atoms with Gasteiger partial charge >= 0.3 is 5.97 Å². The fourth-order valence-electron chi connectivity index (χ4n) is 1.97. The third-order valence-electron chi connectivity index (χ3n) is 3.29. The van der Waals surface area contributed by atoms with Gasteiger partial charge in [0.25, 0.3) is 0 Å². The zero-order valence-electron chi connectivity index (χ0n) is 13.4. The van der Waals surface area contributed by atoms with E-state index in [0.717, 1.165) is 18.2 Å². The summed E-state index contributed by atoms with van der Waals surface area (Å²) < 4.78 is 46.0. The van der Waals surface area contributed by atoms with Gasteiger partial charge in [-0.25, -0.2) is 22.7 Å². The summed E-state index contributed by atoms with van der Waals surface area (Å²) in [5.41, 5.74) is -0.501. The zero-order valence-corrected chi connectivity index (χ0v) is 14.9. The van der Waals surface area contributed by atoms with Gasteiger partial charge in [-0.1, -0.05) is 11.6 Å². The summed E-state index contributed by atoms with van der Waals surface area (Å²) >= 11 is 5.91. The molecule has 0 aromatic heterocycles. The Bertz CT molecular complexity index is 977. The molecule has 2 aromatic rings. The highest BCUT2D eigenvalue weighted by molar-refractivity contribution is 7.89. The first-order valence-corrected chi connectivity index (χ1v) is 8.92. The van der Waals surface area contributed by atoms with Crippen molar-refractivity contribution in [3.63, 3.8) is 0 Å². The van der Waals surface area contributed by atoms with Crippen LogP contribution >= 0.6 is 11.6 Å². The zero-order chi connectivity index (χ0) is 19.5. The summed E-state index contributed by atoms with van der Waals surface area (Å²) in [4.78, 5) is 23.5. The van der Waals surface area contributed by atoms with Crippen LogP contribution in [-0.2, 0) is 14.8 Å². The van der Waals surface area contributed by atoms with E-state index in [1.54, 1.807) is 0 Å². The van der Waals surface area contributed by atoms with Gasteiger partial charge in [0.15, 0.2) is 12.4 Å². The number of carbonyl (C=O) groups is 2. The quantitative estimate of drug-likeness (QED) is 0.586. The molecule has 0 aliphatic carbocycles. The molecule has 0 atom stereocenters. The monoisotopic (exact) mass is 401 g/mol. The van der Waals surface area contributed by atoms with Crippen molar-refractivity contribution in [2.24, 2.45) is 5.14 Å². The van der Waals surface area contributed by atoms with Gasteiger partial charge in [-0.2, -0.15) is 0 Å². The van der Waals surface area contributed by atoms with E-state index in [1.165, 1.54) is 25.3 Å². The number of nitrogens with two attached hydrogens (primary N) is 1. The number of Topliss-reactive ketones (excluding diaryl/α,β-unsaturated/α-hetero) is 1. The molecule has 10 heteroatoms. The number of esters is 1. The van der Waals surface area contributed by atoms with Gasteiger partial charge in [0.2, 0.25) is 10.0 Å². The summed E-state index contributed by atoms with van der Waals surface area (Å²) in [6.45, 7) is -0.694. The van der Waals surface area contributed by atoms with E-state index >= 15 is 0 Å². The lowest BCUT2D eigenvalue weighted by atomic mass is 10.1. The number of benzene rings is 2. The minimum atomic E-state index is -4.13. The number of rotatable bonds is 6. The highest BCUT2D eigenvalue weighted by atomic mass is 35.5. The lowest BCUT2D eigenvalue weighted by molar-refractivity contribution is 0.0470. The van der Waals surface area contributed by atoms with Gasteiger partial charge in [-0.05, 0) is 36.4 Å². The molecule has 0 amide bonds. The van der Waals surface area contributed by atoms with Gasteiger partial charge < -0.3 is 9.47 Å². The van der Waals surface area contributed by atoms with E-state index in [0.29, 0.717) is 5.75 Å². The molecule has 2 aromatic carbocycles. The summed E-state index contributed by atoms with van der Waals surface area (Å²) in [6.07, 6.45) is 0. The van der Waals surface area contributed by atoms with Crippen LogP contribution < -0.4 is 9.88 Å². The van der Waals surface area contributed by atoms with Crippen LogP contribution in [0.4, 0.5) is 4.39 Å². The molecule has 0 aliphatic heterocycles. The largest absolute Gasteiger partial charge is 0.495 e. The van der Waals surface area contributed by atoms with Gasteiger partial charge in [0.05, 0.1) is 22.6 Å². The first-order valence-electron chi connectivity index (χ1n) is 6.99. The molecule has 0 bridgehead atoms. The van der Waals surface area contributed by atoms with Crippen LogP contribution in [0.15, 0.2) is 41.3 Å². The van der Waals surface area contributed by atoms with Crippen LogP contribution in [0, 0.1) is 5.82 Å². The van der Waals surface area contributed by atoms with E-state index in [-0.39, 0.29) is 10.6 Å². The molecule has 7 nitrogen and oxygen atoms in total. The number of ether oxygens (including phenoxy) is 2. The number of hydrogen-bond acceptors (Lipinski definition) is 6. The Morgan fingerprint density at radius 3 is 2.46 bits per heavy atom. The smallest absolute Gasteiger partial charge is 0.341 e. The molecule has 2 rings (SSSR count). The number of ketones is 1. The standard InChI is InChI=1S/C16H13ClFNO6S/c1-24-15-5-2-9(6-12(15)17)14(20)8-25-16(21)11-7-10(26(19,22)23)3-4-13(11)18/h2-7H,8H2,1H3,(H2,19,22,23). The maximum atomic E-state index is 13.7. The predicted molar refractivity (Wildman–Crippen MR) is 90.4 cm³/mol. The summed E-state index contributed by atoms with van der Waals surface area (Å²) in [7, 11) is -2.72. The molecule has 0 heterocycles. The van der Waals surface area contributed by atoms with Gasteiger partial charge in [0.1, 0.15) is 11.6 Å². The molecule has 0 spiro atoms. The molecule has 0 saturated heterocycles. The van der Waals surface area contributed by atoms with Crippen LogP contribution in [0.25, 0.3) is 0 Å². The minimum Gasteiger partial charge on any atom is -0.495 e. The number of methoxy groups -OCH3 is 1. The number of sulfonamides is 1. The molecular formula is C16H13ClFNO6S. The van der Waals surface area contributed by atoms with Crippen molar-refractivity contribution in [1.82, 2.24) is 0 Å². The van der Waals surface area contributed by atoms with Crippen molar-refractivity contribution < 1.29 is 31.9 Å². The number of halogens is 2. The summed E-state index contributed by atoms with van der Waals surface area (Å²) in [5, 5.41) is 5.12. The number of carbonyl (C=O) groups excluding carboxylic acids is 2. The maximum absolute atomic E-state index is 13.7. The van der Waals surface area contributed by atoms with Crippen molar-refractivity contribution in [2.45, 2.75) is 4.90 Å². The van der Waals surface area contributed by atoms with Crippen molar-refractivity contribution >= 4 is 33.4 Å². The molecular weight excluding hydrogens is 389 g/mol. The fourth-order valence-corrected chi connectivity index (χ4v) is 2.77.